The minimum atomic E-state index is -0.488. The standard InChI is InChI=1S/C31H28BN3O2S/c1-30(2)31(3,4)37-32(36-30)21-15-16-22-25(17-21)34-28(20-13-9-6-10-14-20)24-18-23(19-11-7-5-8-12-19)29(35-38)27(33)26(22)24/h5-18H,33H2,1-4H3. The van der Waals surface area contributed by atoms with Gasteiger partial charge in [-0.25, -0.2) is 4.98 Å². The van der Waals surface area contributed by atoms with Gasteiger partial charge < -0.3 is 15.0 Å². The number of pyridine rings is 1. The van der Waals surface area contributed by atoms with E-state index in [9.17, 15) is 0 Å². The quantitative estimate of drug-likeness (QED) is 0.159. The number of aromatic nitrogens is 1. The van der Waals surface area contributed by atoms with Gasteiger partial charge in [-0.05, 0) is 50.9 Å². The van der Waals surface area contributed by atoms with E-state index in [2.05, 4.69) is 50.3 Å². The second kappa shape index (κ2) is 8.98. The molecule has 0 radical (unpaired) electrons. The van der Waals surface area contributed by atoms with Crippen molar-refractivity contribution in [2.24, 2.45) is 4.36 Å². The van der Waals surface area contributed by atoms with E-state index in [4.69, 9.17) is 32.5 Å². The Balaban J connectivity index is 1.65. The van der Waals surface area contributed by atoms with Gasteiger partial charge in [0.25, 0.3) is 0 Å². The van der Waals surface area contributed by atoms with E-state index in [0.717, 1.165) is 49.5 Å². The lowest BCUT2D eigenvalue weighted by Gasteiger charge is -2.32. The van der Waals surface area contributed by atoms with Crippen LogP contribution >= 0.6 is 0 Å². The van der Waals surface area contributed by atoms with Crippen LogP contribution in [0.3, 0.4) is 0 Å². The number of nitrogens with zero attached hydrogens (tertiary/aromatic N) is 2. The van der Waals surface area contributed by atoms with Gasteiger partial charge in [0.1, 0.15) is 5.69 Å². The molecule has 0 bridgehead atoms. The van der Waals surface area contributed by atoms with Crippen molar-refractivity contribution in [3.8, 4) is 22.4 Å². The van der Waals surface area contributed by atoms with Crippen molar-refractivity contribution < 1.29 is 9.31 Å². The molecule has 188 valence electrons. The minimum Gasteiger partial charge on any atom is -0.399 e. The highest BCUT2D eigenvalue weighted by Crippen LogP contribution is 2.45. The van der Waals surface area contributed by atoms with Gasteiger partial charge >= 0.3 is 7.12 Å². The predicted octanol–water partition coefficient (Wildman–Crippen LogP) is 6.97. The first-order chi connectivity index (χ1) is 18.2. The zero-order valence-corrected chi connectivity index (χ0v) is 22.7. The summed E-state index contributed by atoms with van der Waals surface area (Å²) in [6.07, 6.45) is 0. The molecule has 2 heterocycles. The first-order valence-corrected chi connectivity index (χ1v) is 13.1. The highest BCUT2D eigenvalue weighted by Gasteiger charge is 2.51. The van der Waals surface area contributed by atoms with E-state index in [1.807, 2.05) is 66.7 Å². The van der Waals surface area contributed by atoms with Crippen LogP contribution in [0, 0.1) is 0 Å². The molecule has 2 N–H and O–H groups in total. The number of fused-ring (bicyclic) bond motifs is 3. The number of rotatable bonds is 4. The van der Waals surface area contributed by atoms with E-state index in [-0.39, 0.29) is 0 Å². The summed E-state index contributed by atoms with van der Waals surface area (Å²) in [7, 11) is -0.488. The van der Waals surface area contributed by atoms with Gasteiger partial charge in [0.15, 0.2) is 0 Å². The molecular formula is C31H28BN3O2S. The van der Waals surface area contributed by atoms with E-state index in [1.54, 1.807) is 0 Å². The molecule has 7 heteroatoms. The lowest BCUT2D eigenvalue weighted by atomic mass is 9.78. The summed E-state index contributed by atoms with van der Waals surface area (Å²) in [5.74, 6) is 0. The zero-order valence-electron chi connectivity index (χ0n) is 21.9. The highest BCUT2D eigenvalue weighted by molar-refractivity contribution is 7.47. The molecule has 5 nitrogen and oxygen atoms in total. The van der Waals surface area contributed by atoms with Crippen LogP contribution in [0.2, 0.25) is 0 Å². The molecule has 1 aliphatic heterocycles. The molecule has 0 saturated carbocycles. The van der Waals surface area contributed by atoms with Gasteiger partial charge in [0.05, 0.1) is 28.1 Å². The summed E-state index contributed by atoms with van der Waals surface area (Å²) in [5, 5.41) is 2.76. The molecule has 0 atom stereocenters. The normalized spacial score (nSPS) is 16.3. The molecule has 0 amide bonds. The van der Waals surface area contributed by atoms with E-state index in [0.29, 0.717) is 11.4 Å². The Bertz CT molecular complexity index is 1690. The van der Waals surface area contributed by atoms with Crippen LogP contribution in [0.25, 0.3) is 44.1 Å². The summed E-state index contributed by atoms with van der Waals surface area (Å²) in [4.78, 5) is 5.19. The number of nitrogens with two attached hydrogens (primary N) is 1. The van der Waals surface area contributed by atoms with Gasteiger partial charge in [-0.2, -0.15) is 4.36 Å². The maximum atomic E-state index is 6.87. The first kappa shape index (κ1) is 24.7. The molecule has 1 aliphatic rings. The number of hydrogen-bond donors (Lipinski definition) is 1. The molecule has 1 aromatic heterocycles. The van der Waals surface area contributed by atoms with Crippen LogP contribution in [0.1, 0.15) is 27.7 Å². The molecule has 0 aliphatic carbocycles. The third-order valence-corrected chi connectivity index (χ3v) is 8.05. The molecule has 6 rings (SSSR count). The van der Waals surface area contributed by atoms with Crippen molar-refractivity contribution >= 4 is 58.1 Å². The fourth-order valence-corrected chi connectivity index (χ4v) is 5.28. The fraction of sp³-hybridized carbons (Fsp3) is 0.194. The Hall–Kier alpha value is -3.65. The second-order valence-corrected chi connectivity index (χ2v) is 10.9. The van der Waals surface area contributed by atoms with Gasteiger partial charge in [-0.3, -0.25) is 0 Å². The molecule has 1 saturated heterocycles. The summed E-state index contributed by atoms with van der Waals surface area (Å²) in [6.45, 7) is 8.21. The summed E-state index contributed by atoms with van der Waals surface area (Å²) >= 11 is 5.24. The van der Waals surface area contributed by atoms with Crippen molar-refractivity contribution in [2.75, 3.05) is 5.73 Å². The smallest absolute Gasteiger partial charge is 0.399 e. The van der Waals surface area contributed by atoms with Crippen LogP contribution in [0.5, 0.6) is 0 Å². The summed E-state index contributed by atoms with van der Waals surface area (Å²) in [6, 6.07) is 28.5. The van der Waals surface area contributed by atoms with Gasteiger partial charge in [0, 0.05) is 39.7 Å². The van der Waals surface area contributed by atoms with Crippen molar-refractivity contribution in [1.29, 1.82) is 0 Å². The average Bonchev–Trinajstić information content (AvgIpc) is 3.15. The molecule has 1 fully saturated rings. The van der Waals surface area contributed by atoms with Crippen molar-refractivity contribution in [1.82, 2.24) is 4.98 Å². The van der Waals surface area contributed by atoms with Gasteiger partial charge in [-0.1, -0.05) is 72.8 Å². The van der Waals surface area contributed by atoms with Crippen LogP contribution in [-0.4, -0.2) is 23.3 Å². The molecular weight excluding hydrogens is 489 g/mol. The first-order valence-electron chi connectivity index (χ1n) is 12.7. The SMILES string of the molecule is CC1(C)OB(c2ccc3c(c2)nc(-c2ccccc2)c2cc(-c4ccccc4)c(N=S)c(N)c23)OC1(C)C. The molecule has 38 heavy (non-hydrogen) atoms. The number of anilines is 1. The van der Waals surface area contributed by atoms with Crippen LogP contribution in [-0.2, 0) is 21.7 Å². The van der Waals surface area contributed by atoms with Gasteiger partial charge in [0.2, 0.25) is 0 Å². The molecule has 0 spiro atoms. The van der Waals surface area contributed by atoms with Crippen molar-refractivity contribution in [3.63, 3.8) is 0 Å². The Labute approximate surface area is 228 Å². The number of nitrogen functional groups attached to an aromatic ring is 1. The average molecular weight is 517 g/mol. The van der Waals surface area contributed by atoms with E-state index < -0.39 is 18.3 Å². The van der Waals surface area contributed by atoms with Gasteiger partial charge in [-0.15, -0.1) is 0 Å². The Kier molecular flexibility index (Phi) is 5.83. The maximum Gasteiger partial charge on any atom is 0.494 e. The third-order valence-electron chi connectivity index (χ3n) is 7.86. The maximum absolute atomic E-state index is 6.87. The predicted molar refractivity (Wildman–Crippen MR) is 160 cm³/mol. The second-order valence-electron chi connectivity index (χ2n) is 10.8. The summed E-state index contributed by atoms with van der Waals surface area (Å²) in [5.41, 5.74) is 12.6. The van der Waals surface area contributed by atoms with Crippen LogP contribution in [0.15, 0.2) is 89.3 Å². The Morgan fingerprint density at radius 2 is 1.39 bits per heavy atom. The molecule has 0 unspecified atom stereocenters. The monoisotopic (exact) mass is 517 g/mol. The van der Waals surface area contributed by atoms with E-state index >= 15 is 0 Å². The molecule has 4 aromatic carbocycles. The summed E-state index contributed by atoms with van der Waals surface area (Å²) < 4.78 is 16.9. The topological polar surface area (TPSA) is 69.7 Å². The Morgan fingerprint density at radius 3 is 2.00 bits per heavy atom. The molecule has 5 aromatic rings. The Morgan fingerprint density at radius 1 is 0.789 bits per heavy atom. The largest absolute Gasteiger partial charge is 0.494 e. The number of hydrogen-bond acceptors (Lipinski definition) is 6. The number of benzene rings is 4. The fourth-order valence-electron chi connectivity index (χ4n) is 5.08. The minimum absolute atomic E-state index is 0.434. The van der Waals surface area contributed by atoms with Crippen LogP contribution < -0.4 is 11.2 Å². The zero-order chi connectivity index (χ0) is 26.7. The van der Waals surface area contributed by atoms with Crippen LogP contribution in [0.4, 0.5) is 11.4 Å². The third kappa shape index (κ3) is 3.90. The van der Waals surface area contributed by atoms with Crippen molar-refractivity contribution in [3.05, 3.63) is 84.9 Å². The lowest BCUT2D eigenvalue weighted by molar-refractivity contribution is 0.00578. The highest BCUT2D eigenvalue weighted by atomic mass is 32.1. The lowest BCUT2D eigenvalue weighted by Crippen LogP contribution is -2.41. The van der Waals surface area contributed by atoms with E-state index in [1.165, 1.54) is 0 Å². The van der Waals surface area contributed by atoms with Crippen molar-refractivity contribution in [2.45, 2.75) is 38.9 Å².